The summed E-state index contributed by atoms with van der Waals surface area (Å²) in [6.07, 6.45) is 3.36. The predicted octanol–water partition coefficient (Wildman–Crippen LogP) is 3.52. The fourth-order valence-electron chi connectivity index (χ4n) is 5.46. The number of allylic oxidation sites excluding steroid dienone is 1. The molecule has 2 fully saturated rings. The van der Waals surface area contributed by atoms with Crippen molar-refractivity contribution in [2.75, 3.05) is 46.3 Å². The standard InChI is InChI=1S/C26H35N5O/c1-19-25(23-9-5-7-21-6-3-4-8-22(21)23)31(26(32)30-16-14-29(2)15-17-30)24(28-19)18-20-10-12-27-13-11-20/h3-9,20,24,27-28H,10-18H2,1-2H3. The van der Waals surface area contributed by atoms with Crippen molar-refractivity contribution in [2.24, 2.45) is 5.92 Å². The van der Waals surface area contributed by atoms with Crippen molar-refractivity contribution in [1.29, 1.82) is 0 Å². The number of hydrogen-bond donors (Lipinski definition) is 2. The van der Waals surface area contributed by atoms with Gasteiger partial charge < -0.3 is 20.4 Å². The van der Waals surface area contributed by atoms with Gasteiger partial charge >= 0.3 is 6.03 Å². The molecule has 6 heteroatoms. The molecule has 6 nitrogen and oxygen atoms in total. The van der Waals surface area contributed by atoms with Crippen molar-refractivity contribution >= 4 is 22.5 Å². The molecule has 2 aromatic carbocycles. The number of urea groups is 1. The van der Waals surface area contributed by atoms with E-state index in [9.17, 15) is 4.79 Å². The van der Waals surface area contributed by atoms with Gasteiger partial charge in [0, 0.05) is 37.4 Å². The molecule has 32 heavy (non-hydrogen) atoms. The van der Waals surface area contributed by atoms with Gasteiger partial charge in [0.05, 0.1) is 5.70 Å². The number of piperazine rings is 1. The zero-order chi connectivity index (χ0) is 22.1. The number of benzene rings is 2. The van der Waals surface area contributed by atoms with Crippen LogP contribution < -0.4 is 10.6 Å². The molecule has 2 saturated heterocycles. The topological polar surface area (TPSA) is 50.9 Å². The maximum absolute atomic E-state index is 14.0. The second kappa shape index (κ2) is 9.12. The molecule has 3 aliphatic rings. The second-order valence-corrected chi connectivity index (χ2v) is 9.53. The SMILES string of the molecule is CC1=C(c2cccc3ccccc23)N(C(=O)N2CCN(C)CC2)C(CC2CCNCC2)N1. The molecule has 5 rings (SSSR count). The van der Waals surface area contributed by atoms with E-state index in [1.165, 1.54) is 23.6 Å². The summed E-state index contributed by atoms with van der Waals surface area (Å²) in [6.45, 7) is 7.71. The van der Waals surface area contributed by atoms with Crippen molar-refractivity contribution < 1.29 is 4.79 Å². The molecular weight excluding hydrogens is 398 g/mol. The Balaban J connectivity index is 1.51. The van der Waals surface area contributed by atoms with Gasteiger partial charge in [-0.2, -0.15) is 0 Å². The first kappa shape index (κ1) is 21.3. The normalized spacial score (nSPS) is 23.1. The lowest BCUT2D eigenvalue weighted by atomic mass is 9.93. The number of likely N-dealkylation sites (N-methyl/N-ethyl adjacent to an activating group) is 1. The predicted molar refractivity (Wildman–Crippen MR) is 130 cm³/mol. The maximum Gasteiger partial charge on any atom is 0.326 e. The molecule has 0 bridgehead atoms. The minimum absolute atomic E-state index is 0.0132. The van der Waals surface area contributed by atoms with Crippen molar-refractivity contribution in [1.82, 2.24) is 25.3 Å². The van der Waals surface area contributed by atoms with Crippen LogP contribution in [0, 0.1) is 5.92 Å². The van der Waals surface area contributed by atoms with Crippen LogP contribution in [0.1, 0.15) is 31.7 Å². The van der Waals surface area contributed by atoms with Gasteiger partial charge in [0.25, 0.3) is 0 Å². The average Bonchev–Trinajstić information content (AvgIpc) is 3.14. The number of carbonyl (C=O) groups is 1. The van der Waals surface area contributed by atoms with E-state index < -0.39 is 0 Å². The molecular formula is C26H35N5O. The molecule has 0 aromatic heterocycles. The summed E-state index contributed by atoms with van der Waals surface area (Å²) < 4.78 is 0. The van der Waals surface area contributed by atoms with Crippen molar-refractivity contribution in [3.63, 3.8) is 0 Å². The summed E-state index contributed by atoms with van der Waals surface area (Å²) in [5, 5.41) is 9.60. The van der Waals surface area contributed by atoms with Crippen LogP contribution in [0.15, 0.2) is 48.2 Å². The van der Waals surface area contributed by atoms with Crippen molar-refractivity contribution in [3.05, 3.63) is 53.7 Å². The zero-order valence-electron chi connectivity index (χ0n) is 19.3. The number of piperidine rings is 1. The van der Waals surface area contributed by atoms with E-state index in [0.29, 0.717) is 5.92 Å². The number of nitrogens with one attached hydrogen (secondary N) is 2. The van der Waals surface area contributed by atoms with E-state index in [1.54, 1.807) is 0 Å². The van der Waals surface area contributed by atoms with Crippen LogP contribution in [0.4, 0.5) is 4.79 Å². The molecule has 3 aliphatic heterocycles. The fraction of sp³-hybridized carbons (Fsp3) is 0.500. The summed E-state index contributed by atoms with van der Waals surface area (Å²) in [4.78, 5) is 20.4. The molecule has 0 radical (unpaired) electrons. The molecule has 170 valence electrons. The summed E-state index contributed by atoms with van der Waals surface area (Å²) in [5.74, 6) is 0.635. The van der Waals surface area contributed by atoms with Crippen LogP contribution in [0.25, 0.3) is 16.5 Å². The van der Waals surface area contributed by atoms with Crippen LogP contribution in [-0.4, -0.2) is 73.2 Å². The van der Waals surface area contributed by atoms with Crippen molar-refractivity contribution in [2.45, 2.75) is 32.4 Å². The summed E-state index contributed by atoms with van der Waals surface area (Å²) in [7, 11) is 2.13. The van der Waals surface area contributed by atoms with Gasteiger partial charge in [-0.3, -0.25) is 4.90 Å². The first-order valence-corrected chi connectivity index (χ1v) is 12.0. The molecule has 3 heterocycles. The third-order valence-corrected chi connectivity index (χ3v) is 7.33. The van der Waals surface area contributed by atoms with E-state index in [4.69, 9.17) is 0 Å². The Morgan fingerprint density at radius 3 is 2.50 bits per heavy atom. The van der Waals surface area contributed by atoms with Gasteiger partial charge in [-0.25, -0.2) is 4.79 Å². The number of hydrogen-bond acceptors (Lipinski definition) is 4. The lowest BCUT2D eigenvalue weighted by Gasteiger charge is -2.38. The Morgan fingerprint density at radius 1 is 1.00 bits per heavy atom. The second-order valence-electron chi connectivity index (χ2n) is 9.53. The molecule has 2 N–H and O–H groups in total. The molecule has 2 aromatic rings. The van der Waals surface area contributed by atoms with Gasteiger partial charge in [-0.05, 0) is 63.0 Å². The van der Waals surface area contributed by atoms with E-state index in [-0.39, 0.29) is 12.2 Å². The molecule has 1 unspecified atom stereocenters. The van der Waals surface area contributed by atoms with Crippen LogP contribution in [0.5, 0.6) is 0 Å². The minimum Gasteiger partial charge on any atom is -0.367 e. The first-order valence-electron chi connectivity index (χ1n) is 12.0. The van der Waals surface area contributed by atoms with E-state index in [2.05, 4.69) is 76.9 Å². The third-order valence-electron chi connectivity index (χ3n) is 7.33. The summed E-state index contributed by atoms with van der Waals surface area (Å²) in [5.41, 5.74) is 3.29. The monoisotopic (exact) mass is 433 g/mol. The highest BCUT2D eigenvalue weighted by Crippen LogP contribution is 2.37. The molecule has 0 spiro atoms. The van der Waals surface area contributed by atoms with Crippen LogP contribution in [0.2, 0.25) is 0 Å². The van der Waals surface area contributed by atoms with Gasteiger partial charge in [0.2, 0.25) is 0 Å². The van der Waals surface area contributed by atoms with Crippen LogP contribution in [-0.2, 0) is 0 Å². The smallest absolute Gasteiger partial charge is 0.326 e. The highest BCUT2D eigenvalue weighted by molar-refractivity contribution is 5.98. The van der Waals surface area contributed by atoms with Crippen LogP contribution >= 0.6 is 0 Å². The van der Waals surface area contributed by atoms with Gasteiger partial charge in [-0.15, -0.1) is 0 Å². The Hall–Kier alpha value is -2.57. The first-order chi connectivity index (χ1) is 15.6. The Bertz CT molecular complexity index is 999. The Morgan fingerprint density at radius 2 is 1.72 bits per heavy atom. The highest BCUT2D eigenvalue weighted by atomic mass is 16.2. The maximum atomic E-state index is 14.0. The summed E-state index contributed by atoms with van der Waals surface area (Å²) >= 11 is 0. The quantitative estimate of drug-likeness (QED) is 0.778. The van der Waals surface area contributed by atoms with E-state index in [0.717, 1.165) is 62.6 Å². The number of fused-ring (bicyclic) bond motifs is 1. The van der Waals surface area contributed by atoms with E-state index >= 15 is 0 Å². The fourth-order valence-corrected chi connectivity index (χ4v) is 5.46. The summed E-state index contributed by atoms with van der Waals surface area (Å²) in [6, 6.07) is 15.0. The number of carbonyl (C=O) groups excluding carboxylic acids is 1. The lowest BCUT2D eigenvalue weighted by Crippen LogP contribution is -2.54. The van der Waals surface area contributed by atoms with Gasteiger partial charge in [0.15, 0.2) is 0 Å². The van der Waals surface area contributed by atoms with E-state index in [1.807, 2.05) is 4.90 Å². The Labute approximate surface area is 191 Å². The van der Waals surface area contributed by atoms with Crippen molar-refractivity contribution in [3.8, 4) is 0 Å². The lowest BCUT2D eigenvalue weighted by molar-refractivity contribution is 0.122. The number of nitrogens with zero attached hydrogens (tertiary/aromatic N) is 3. The highest BCUT2D eigenvalue weighted by Gasteiger charge is 2.39. The zero-order valence-corrected chi connectivity index (χ0v) is 19.3. The number of rotatable bonds is 3. The molecule has 1 atom stereocenters. The molecule has 0 aliphatic carbocycles. The third kappa shape index (κ3) is 4.09. The largest absolute Gasteiger partial charge is 0.367 e. The van der Waals surface area contributed by atoms with Gasteiger partial charge in [0.1, 0.15) is 6.17 Å². The minimum atomic E-state index is 0.0132. The molecule has 0 saturated carbocycles. The average molecular weight is 434 g/mol. The van der Waals surface area contributed by atoms with Gasteiger partial charge in [-0.1, -0.05) is 42.5 Å². The number of amides is 2. The van der Waals surface area contributed by atoms with Crippen LogP contribution in [0.3, 0.4) is 0 Å². The molecule has 2 amide bonds. The Kier molecular flexibility index (Phi) is 6.07.